The molecule has 0 spiro atoms. The first kappa shape index (κ1) is 16.9. The van der Waals surface area contributed by atoms with E-state index >= 15 is 0 Å². The van der Waals surface area contributed by atoms with Crippen LogP contribution in [0.15, 0.2) is 30.5 Å². The summed E-state index contributed by atoms with van der Waals surface area (Å²) in [7, 11) is 0. The number of amides is 1. The molecular formula is C21H27N5O. The molecular weight excluding hydrogens is 338 g/mol. The maximum Gasteiger partial charge on any atom is 0.276 e. The zero-order valence-corrected chi connectivity index (χ0v) is 15.8. The molecule has 6 heteroatoms. The van der Waals surface area contributed by atoms with Crippen LogP contribution in [0.25, 0.3) is 0 Å². The highest BCUT2D eigenvalue weighted by molar-refractivity contribution is 5.92. The van der Waals surface area contributed by atoms with E-state index in [2.05, 4.69) is 33.4 Å². The number of likely N-dealkylation sites (tertiary alicyclic amines) is 1. The van der Waals surface area contributed by atoms with Crippen LogP contribution in [0.4, 0.5) is 0 Å². The monoisotopic (exact) mass is 365 g/mol. The zero-order chi connectivity index (χ0) is 18.2. The maximum atomic E-state index is 12.9. The molecule has 0 bridgehead atoms. The van der Waals surface area contributed by atoms with Gasteiger partial charge in [-0.2, -0.15) is 0 Å². The molecule has 2 fully saturated rings. The number of nitrogens with zero attached hydrogens (tertiary/aromatic N) is 5. The van der Waals surface area contributed by atoms with Gasteiger partial charge in [0.15, 0.2) is 5.69 Å². The lowest BCUT2D eigenvalue weighted by Gasteiger charge is -2.28. The molecule has 3 heterocycles. The first-order valence-electron chi connectivity index (χ1n) is 10.3. The van der Waals surface area contributed by atoms with Crippen molar-refractivity contribution in [3.63, 3.8) is 0 Å². The summed E-state index contributed by atoms with van der Waals surface area (Å²) in [5.41, 5.74) is 3.06. The van der Waals surface area contributed by atoms with Gasteiger partial charge in [-0.1, -0.05) is 29.5 Å². The number of hydrogen-bond donors (Lipinski definition) is 0. The molecule has 0 N–H and O–H groups in total. The molecule has 1 unspecified atom stereocenters. The molecule has 6 nitrogen and oxygen atoms in total. The van der Waals surface area contributed by atoms with Crippen LogP contribution in [-0.4, -0.2) is 56.4 Å². The Labute approximate surface area is 160 Å². The zero-order valence-electron chi connectivity index (χ0n) is 15.8. The van der Waals surface area contributed by atoms with Gasteiger partial charge in [0.05, 0.1) is 12.7 Å². The van der Waals surface area contributed by atoms with E-state index in [9.17, 15) is 4.79 Å². The third-order valence-corrected chi connectivity index (χ3v) is 6.26. The Bertz CT molecular complexity index is 827. The summed E-state index contributed by atoms with van der Waals surface area (Å²) in [4.78, 5) is 17.4. The Hall–Kier alpha value is -2.21. The van der Waals surface area contributed by atoms with Crippen LogP contribution in [0.2, 0.25) is 0 Å². The molecule has 142 valence electrons. The summed E-state index contributed by atoms with van der Waals surface area (Å²) >= 11 is 0. The summed E-state index contributed by atoms with van der Waals surface area (Å²) in [6, 6.07) is 8.91. The molecule has 1 amide bonds. The van der Waals surface area contributed by atoms with Crippen molar-refractivity contribution < 1.29 is 4.79 Å². The SMILES string of the molecule is O=C(c1cn(CC2CCCN2CC2CC2)nn1)N1CCc2ccccc2C1. The largest absolute Gasteiger partial charge is 0.333 e. The molecule has 1 saturated carbocycles. The van der Waals surface area contributed by atoms with Crippen molar-refractivity contribution in [3.05, 3.63) is 47.3 Å². The van der Waals surface area contributed by atoms with Gasteiger partial charge in [0.2, 0.25) is 0 Å². The molecule has 0 radical (unpaired) electrons. The van der Waals surface area contributed by atoms with Gasteiger partial charge in [-0.25, -0.2) is 0 Å². The van der Waals surface area contributed by atoms with E-state index in [1.807, 2.05) is 21.8 Å². The smallest absolute Gasteiger partial charge is 0.276 e. The summed E-state index contributed by atoms with van der Waals surface area (Å²) in [5.74, 6) is 0.914. The van der Waals surface area contributed by atoms with Crippen molar-refractivity contribution in [3.8, 4) is 0 Å². The number of hydrogen-bond acceptors (Lipinski definition) is 4. The quantitative estimate of drug-likeness (QED) is 0.816. The van der Waals surface area contributed by atoms with Gasteiger partial charge in [0, 0.05) is 25.7 Å². The Morgan fingerprint density at radius 3 is 2.78 bits per heavy atom. The van der Waals surface area contributed by atoms with Gasteiger partial charge in [-0.3, -0.25) is 14.4 Å². The Morgan fingerprint density at radius 1 is 1.07 bits per heavy atom. The predicted octanol–water partition coefficient (Wildman–Crippen LogP) is 2.35. The topological polar surface area (TPSA) is 54.3 Å². The van der Waals surface area contributed by atoms with Crippen molar-refractivity contribution in [2.24, 2.45) is 5.92 Å². The van der Waals surface area contributed by atoms with Crippen LogP contribution >= 0.6 is 0 Å². The summed E-state index contributed by atoms with van der Waals surface area (Å²) < 4.78 is 1.88. The molecule has 3 aliphatic rings. The first-order chi connectivity index (χ1) is 13.3. The van der Waals surface area contributed by atoms with E-state index < -0.39 is 0 Å². The lowest BCUT2D eigenvalue weighted by molar-refractivity contribution is 0.0728. The van der Waals surface area contributed by atoms with Crippen molar-refractivity contribution >= 4 is 5.91 Å². The molecule has 27 heavy (non-hydrogen) atoms. The number of benzene rings is 1. The summed E-state index contributed by atoms with van der Waals surface area (Å²) in [6.45, 7) is 4.70. The fourth-order valence-electron chi connectivity index (χ4n) is 4.51. The number of carbonyl (C=O) groups excluding carboxylic acids is 1. The van der Waals surface area contributed by atoms with Crippen molar-refractivity contribution in [2.75, 3.05) is 19.6 Å². The van der Waals surface area contributed by atoms with Gasteiger partial charge < -0.3 is 4.90 Å². The highest BCUT2D eigenvalue weighted by Crippen LogP contribution is 2.32. The van der Waals surface area contributed by atoms with Gasteiger partial charge in [0.1, 0.15) is 0 Å². The normalized spacial score (nSPS) is 22.8. The third-order valence-electron chi connectivity index (χ3n) is 6.26. The van der Waals surface area contributed by atoms with Crippen LogP contribution in [0.5, 0.6) is 0 Å². The Kier molecular flexibility index (Phi) is 4.44. The fraction of sp³-hybridized carbons (Fsp3) is 0.571. The predicted molar refractivity (Wildman–Crippen MR) is 102 cm³/mol. The fourth-order valence-corrected chi connectivity index (χ4v) is 4.51. The standard InChI is InChI=1S/C21H27N5O/c27-21(25-11-9-17-4-1-2-5-18(17)13-25)20-15-26(23-22-20)14-19-6-3-10-24(19)12-16-7-8-16/h1-2,4-5,15-16,19H,3,6-14H2. The molecule has 5 rings (SSSR count). The summed E-state index contributed by atoms with van der Waals surface area (Å²) in [6.07, 6.45) is 8.03. The minimum Gasteiger partial charge on any atom is -0.333 e. The maximum absolute atomic E-state index is 12.9. The second-order valence-corrected chi connectivity index (χ2v) is 8.31. The van der Waals surface area contributed by atoms with Gasteiger partial charge in [0.25, 0.3) is 5.91 Å². The Morgan fingerprint density at radius 2 is 1.93 bits per heavy atom. The molecule has 1 aromatic heterocycles. The lowest BCUT2D eigenvalue weighted by atomic mass is 10.00. The molecule has 1 atom stereocenters. The second-order valence-electron chi connectivity index (χ2n) is 8.31. The van der Waals surface area contributed by atoms with Gasteiger partial charge in [-0.05, 0) is 55.7 Å². The molecule has 1 aromatic carbocycles. The average molecular weight is 365 g/mol. The average Bonchev–Trinajstić information content (AvgIpc) is 3.21. The minimum atomic E-state index is -0.00277. The van der Waals surface area contributed by atoms with E-state index in [1.165, 1.54) is 49.9 Å². The molecule has 1 aliphatic carbocycles. The van der Waals surface area contributed by atoms with E-state index in [-0.39, 0.29) is 5.91 Å². The number of carbonyl (C=O) groups is 1. The Balaban J connectivity index is 1.23. The molecule has 2 aromatic rings. The highest BCUT2D eigenvalue weighted by Gasteiger charge is 2.31. The number of rotatable bonds is 5. The van der Waals surface area contributed by atoms with Crippen LogP contribution in [0.3, 0.4) is 0 Å². The lowest BCUT2D eigenvalue weighted by Crippen LogP contribution is -2.36. The highest BCUT2D eigenvalue weighted by atomic mass is 16.2. The third kappa shape index (κ3) is 3.63. The first-order valence-corrected chi connectivity index (χ1v) is 10.3. The van der Waals surface area contributed by atoms with Crippen LogP contribution in [-0.2, 0) is 19.5 Å². The molecule has 2 aliphatic heterocycles. The van der Waals surface area contributed by atoms with Crippen LogP contribution in [0.1, 0.15) is 47.3 Å². The van der Waals surface area contributed by atoms with Crippen LogP contribution < -0.4 is 0 Å². The van der Waals surface area contributed by atoms with Crippen molar-refractivity contribution in [2.45, 2.75) is 51.2 Å². The van der Waals surface area contributed by atoms with Gasteiger partial charge in [-0.15, -0.1) is 5.10 Å². The van der Waals surface area contributed by atoms with Crippen molar-refractivity contribution in [1.29, 1.82) is 0 Å². The number of fused-ring (bicyclic) bond motifs is 1. The molecule has 1 saturated heterocycles. The van der Waals surface area contributed by atoms with Gasteiger partial charge >= 0.3 is 0 Å². The van der Waals surface area contributed by atoms with E-state index in [1.54, 1.807) is 0 Å². The van der Waals surface area contributed by atoms with E-state index in [4.69, 9.17) is 0 Å². The summed E-state index contributed by atoms with van der Waals surface area (Å²) in [5, 5.41) is 8.45. The second kappa shape index (κ2) is 7.08. The van der Waals surface area contributed by atoms with E-state index in [0.29, 0.717) is 18.3 Å². The number of aromatic nitrogens is 3. The van der Waals surface area contributed by atoms with Crippen molar-refractivity contribution in [1.82, 2.24) is 24.8 Å². The minimum absolute atomic E-state index is 0.00277. The van der Waals surface area contributed by atoms with Crippen LogP contribution in [0, 0.1) is 5.92 Å². The van der Waals surface area contributed by atoms with E-state index in [0.717, 1.165) is 25.4 Å².